The molecular weight excluding hydrogens is 292 g/mol. The Kier molecular flexibility index (Phi) is 2.81. The molecule has 0 radical (unpaired) electrons. The van der Waals surface area contributed by atoms with E-state index in [1.165, 1.54) is 0 Å². The highest BCUT2D eigenvalue weighted by Crippen LogP contribution is 2.37. The first kappa shape index (κ1) is 13.1. The SMILES string of the molecule is Cc1sc2c(c1N)c1ccccc1c(=O)n2-c1ccccc1. The van der Waals surface area contributed by atoms with Crippen molar-refractivity contribution in [2.24, 2.45) is 0 Å². The van der Waals surface area contributed by atoms with Gasteiger partial charge in [-0.2, -0.15) is 0 Å². The zero-order chi connectivity index (χ0) is 15.3. The van der Waals surface area contributed by atoms with Gasteiger partial charge in [0.15, 0.2) is 0 Å². The monoisotopic (exact) mass is 306 g/mol. The van der Waals surface area contributed by atoms with E-state index in [4.69, 9.17) is 5.73 Å². The van der Waals surface area contributed by atoms with E-state index in [-0.39, 0.29) is 5.56 Å². The molecule has 2 aromatic carbocycles. The number of benzene rings is 2. The second-order valence-corrected chi connectivity index (χ2v) is 6.48. The standard InChI is InChI=1S/C18H14N2OS/c1-11-16(19)15-13-9-5-6-10-14(13)17(21)20(18(15)22-11)12-7-3-2-4-8-12/h2-10H,19H2,1H3. The second kappa shape index (κ2) is 4.71. The van der Waals surface area contributed by atoms with Gasteiger partial charge in [-0.1, -0.05) is 36.4 Å². The van der Waals surface area contributed by atoms with Crippen LogP contribution in [0, 0.1) is 6.92 Å². The quantitative estimate of drug-likeness (QED) is 0.575. The van der Waals surface area contributed by atoms with E-state index in [1.54, 1.807) is 15.9 Å². The van der Waals surface area contributed by atoms with Crippen LogP contribution in [0.25, 0.3) is 26.7 Å². The summed E-state index contributed by atoms with van der Waals surface area (Å²) in [5, 5.41) is 2.60. The predicted molar refractivity (Wildman–Crippen MR) is 94.1 cm³/mol. The van der Waals surface area contributed by atoms with Crippen molar-refractivity contribution < 1.29 is 0 Å². The molecule has 2 heterocycles. The number of rotatable bonds is 1. The van der Waals surface area contributed by atoms with Crippen molar-refractivity contribution in [3.8, 4) is 5.69 Å². The number of fused-ring (bicyclic) bond motifs is 3. The van der Waals surface area contributed by atoms with Crippen LogP contribution in [0.5, 0.6) is 0 Å². The van der Waals surface area contributed by atoms with Crippen molar-refractivity contribution in [1.29, 1.82) is 0 Å². The molecule has 0 aliphatic rings. The lowest BCUT2D eigenvalue weighted by molar-refractivity contribution is 1.07. The van der Waals surface area contributed by atoms with Gasteiger partial charge in [0.05, 0.1) is 11.4 Å². The van der Waals surface area contributed by atoms with Gasteiger partial charge in [0, 0.05) is 15.6 Å². The number of nitrogen functional groups attached to an aromatic ring is 1. The lowest BCUT2D eigenvalue weighted by atomic mass is 10.1. The number of anilines is 1. The van der Waals surface area contributed by atoms with Crippen molar-refractivity contribution in [2.45, 2.75) is 6.92 Å². The van der Waals surface area contributed by atoms with E-state index in [9.17, 15) is 4.79 Å². The summed E-state index contributed by atoms with van der Waals surface area (Å²) in [7, 11) is 0. The van der Waals surface area contributed by atoms with E-state index in [1.807, 2.05) is 61.5 Å². The number of hydrogen-bond donors (Lipinski definition) is 1. The smallest absolute Gasteiger partial charge is 0.264 e. The normalized spacial score (nSPS) is 11.3. The molecule has 22 heavy (non-hydrogen) atoms. The molecule has 0 unspecified atom stereocenters. The summed E-state index contributed by atoms with van der Waals surface area (Å²) in [5.41, 5.74) is 7.92. The summed E-state index contributed by atoms with van der Waals surface area (Å²) in [6.45, 7) is 1.99. The van der Waals surface area contributed by atoms with Gasteiger partial charge in [0.2, 0.25) is 0 Å². The highest BCUT2D eigenvalue weighted by molar-refractivity contribution is 7.19. The molecule has 2 aromatic heterocycles. The summed E-state index contributed by atoms with van der Waals surface area (Å²) in [5.74, 6) is 0. The molecule has 0 aliphatic heterocycles. The van der Waals surface area contributed by atoms with Crippen molar-refractivity contribution in [3.63, 3.8) is 0 Å². The molecule has 0 bridgehead atoms. The number of aryl methyl sites for hydroxylation is 1. The fraction of sp³-hybridized carbons (Fsp3) is 0.0556. The molecule has 0 spiro atoms. The highest BCUT2D eigenvalue weighted by atomic mass is 32.1. The van der Waals surface area contributed by atoms with E-state index < -0.39 is 0 Å². The average Bonchev–Trinajstić information content (AvgIpc) is 2.84. The van der Waals surface area contributed by atoms with Gasteiger partial charge in [-0.05, 0) is 30.5 Å². The van der Waals surface area contributed by atoms with Crippen LogP contribution >= 0.6 is 11.3 Å². The summed E-state index contributed by atoms with van der Waals surface area (Å²) < 4.78 is 1.77. The van der Waals surface area contributed by atoms with Crippen LogP contribution in [-0.2, 0) is 0 Å². The van der Waals surface area contributed by atoms with E-state index in [2.05, 4.69) is 0 Å². The largest absolute Gasteiger partial charge is 0.397 e. The van der Waals surface area contributed by atoms with Gasteiger partial charge in [0.1, 0.15) is 4.83 Å². The Morgan fingerprint density at radius 1 is 0.955 bits per heavy atom. The molecule has 2 N–H and O–H groups in total. The van der Waals surface area contributed by atoms with Crippen LogP contribution < -0.4 is 11.3 Å². The maximum absolute atomic E-state index is 13.0. The Bertz CT molecular complexity index is 1060. The third kappa shape index (κ3) is 1.71. The molecule has 4 rings (SSSR count). The van der Waals surface area contributed by atoms with Crippen LogP contribution in [0.3, 0.4) is 0 Å². The molecule has 3 nitrogen and oxygen atoms in total. The summed E-state index contributed by atoms with van der Waals surface area (Å²) >= 11 is 1.57. The zero-order valence-corrected chi connectivity index (χ0v) is 12.9. The molecular formula is C18H14N2OS. The van der Waals surface area contributed by atoms with E-state index in [0.717, 1.165) is 31.9 Å². The van der Waals surface area contributed by atoms with Gasteiger partial charge in [-0.15, -0.1) is 11.3 Å². The molecule has 0 aliphatic carbocycles. The molecule has 0 atom stereocenters. The zero-order valence-electron chi connectivity index (χ0n) is 12.0. The van der Waals surface area contributed by atoms with Crippen LogP contribution in [0.4, 0.5) is 5.69 Å². The Morgan fingerprint density at radius 3 is 2.32 bits per heavy atom. The Balaban J connectivity index is 2.32. The third-order valence-corrected chi connectivity index (χ3v) is 5.07. The van der Waals surface area contributed by atoms with Gasteiger partial charge in [-0.25, -0.2) is 0 Å². The molecule has 4 aromatic rings. The number of pyridine rings is 1. The Morgan fingerprint density at radius 2 is 1.59 bits per heavy atom. The number of thiophene rings is 1. The minimum atomic E-state index is -0.00412. The van der Waals surface area contributed by atoms with Crippen molar-refractivity contribution in [3.05, 3.63) is 69.8 Å². The highest BCUT2D eigenvalue weighted by Gasteiger charge is 2.17. The fourth-order valence-electron chi connectivity index (χ4n) is 2.87. The maximum atomic E-state index is 13.0. The molecule has 108 valence electrons. The van der Waals surface area contributed by atoms with Gasteiger partial charge in [0.25, 0.3) is 5.56 Å². The van der Waals surface area contributed by atoms with Gasteiger partial charge >= 0.3 is 0 Å². The summed E-state index contributed by atoms with van der Waals surface area (Å²) in [6, 6.07) is 17.4. The number of nitrogens with zero attached hydrogens (tertiary/aromatic N) is 1. The molecule has 4 heteroatoms. The number of hydrogen-bond acceptors (Lipinski definition) is 3. The number of nitrogens with two attached hydrogens (primary N) is 1. The average molecular weight is 306 g/mol. The summed E-state index contributed by atoms with van der Waals surface area (Å²) in [6.07, 6.45) is 0. The van der Waals surface area contributed by atoms with Crippen LogP contribution in [-0.4, -0.2) is 4.57 Å². The molecule has 0 fully saturated rings. The lowest BCUT2D eigenvalue weighted by Crippen LogP contribution is -2.18. The summed E-state index contributed by atoms with van der Waals surface area (Å²) in [4.78, 5) is 14.9. The number of para-hydroxylation sites is 1. The molecule has 0 amide bonds. The van der Waals surface area contributed by atoms with E-state index >= 15 is 0 Å². The topological polar surface area (TPSA) is 48.0 Å². The van der Waals surface area contributed by atoms with Gasteiger partial charge in [-0.3, -0.25) is 9.36 Å². The van der Waals surface area contributed by atoms with E-state index in [0.29, 0.717) is 5.39 Å². The minimum absolute atomic E-state index is 0.00412. The van der Waals surface area contributed by atoms with Gasteiger partial charge < -0.3 is 5.73 Å². The van der Waals surface area contributed by atoms with Crippen LogP contribution in [0.2, 0.25) is 0 Å². The Labute approximate surface area is 131 Å². The Hall–Kier alpha value is -2.59. The number of aromatic nitrogens is 1. The first-order valence-corrected chi connectivity index (χ1v) is 7.88. The van der Waals surface area contributed by atoms with Crippen molar-refractivity contribution in [1.82, 2.24) is 4.57 Å². The second-order valence-electron chi connectivity index (χ2n) is 5.27. The van der Waals surface area contributed by atoms with Crippen molar-refractivity contribution in [2.75, 3.05) is 5.73 Å². The lowest BCUT2D eigenvalue weighted by Gasteiger charge is -2.10. The molecule has 0 saturated heterocycles. The molecule has 0 saturated carbocycles. The minimum Gasteiger partial charge on any atom is -0.397 e. The third-order valence-electron chi connectivity index (χ3n) is 3.96. The fourth-order valence-corrected chi connectivity index (χ4v) is 3.98. The van der Waals surface area contributed by atoms with Crippen LogP contribution in [0.15, 0.2) is 59.4 Å². The maximum Gasteiger partial charge on any atom is 0.264 e. The van der Waals surface area contributed by atoms with Crippen LogP contribution in [0.1, 0.15) is 4.88 Å². The van der Waals surface area contributed by atoms with Crippen molar-refractivity contribution >= 4 is 38.0 Å². The predicted octanol–water partition coefficient (Wildman–Crippen LogP) is 4.10. The first-order valence-electron chi connectivity index (χ1n) is 7.06. The first-order chi connectivity index (χ1) is 10.7.